The van der Waals surface area contributed by atoms with Crippen molar-refractivity contribution in [1.82, 2.24) is 0 Å². The van der Waals surface area contributed by atoms with Crippen molar-refractivity contribution < 1.29 is 0 Å². The summed E-state index contributed by atoms with van der Waals surface area (Å²) in [5, 5.41) is 0.945. The molecule has 2 heteroatoms. The first-order valence-electron chi connectivity index (χ1n) is 6.01. The first-order chi connectivity index (χ1) is 7.61. The molecular weight excluding hydrogens is 262 g/mol. The number of hydrogen-bond donors (Lipinski definition) is 0. The molecule has 0 radical (unpaired) electrons. The van der Waals surface area contributed by atoms with Gasteiger partial charge in [-0.25, -0.2) is 0 Å². The van der Waals surface area contributed by atoms with Gasteiger partial charge in [0.1, 0.15) is 0 Å². The summed E-state index contributed by atoms with van der Waals surface area (Å²) in [6.45, 7) is 7.14. The summed E-state index contributed by atoms with van der Waals surface area (Å²) < 4.78 is 0. The van der Waals surface area contributed by atoms with Gasteiger partial charge in [-0.3, -0.25) is 0 Å². The van der Waals surface area contributed by atoms with Gasteiger partial charge >= 0.3 is 0 Å². The summed E-state index contributed by atoms with van der Waals surface area (Å²) in [7, 11) is 0. The molecule has 0 saturated carbocycles. The normalized spacial score (nSPS) is 19.8. The maximum absolute atomic E-state index is 3.48. The molecule has 1 fully saturated rings. The number of nitrogens with zero attached hydrogens (tertiary/aromatic N) is 1. The van der Waals surface area contributed by atoms with Gasteiger partial charge < -0.3 is 4.90 Å². The molecule has 1 saturated heterocycles. The van der Waals surface area contributed by atoms with Gasteiger partial charge in [-0.2, -0.15) is 0 Å². The molecule has 0 aromatic heterocycles. The molecule has 1 aromatic rings. The quantitative estimate of drug-likeness (QED) is 0.734. The lowest BCUT2D eigenvalue weighted by atomic mass is 9.82. The maximum Gasteiger partial charge on any atom is 0.0366 e. The summed E-state index contributed by atoms with van der Waals surface area (Å²) in [5.41, 5.74) is 3.26. The number of anilines is 1. The Kier molecular flexibility index (Phi) is 3.58. The van der Waals surface area contributed by atoms with Gasteiger partial charge in [0, 0.05) is 24.1 Å². The highest BCUT2D eigenvalue weighted by molar-refractivity contribution is 9.08. The average molecular weight is 282 g/mol. The zero-order chi connectivity index (χ0) is 11.6. The average Bonchev–Trinajstić information content (AvgIpc) is 2.29. The predicted octanol–water partition coefficient (Wildman–Crippen LogP) is 4.21. The molecule has 2 rings (SSSR count). The molecular formula is C14H20BrN. The van der Waals surface area contributed by atoms with E-state index in [-0.39, 0.29) is 0 Å². The Morgan fingerprint density at radius 3 is 2.19 bits per heavy atom. The molecule has 0 unspecified atom stereocenters. The summed E-state index contributed by atoms with van der Waals surface area (Å²) >= 11 is 3.48. The van der Waals surface area contributed by atoms with Crippen molar-refractivity contribution in [3.05, 3.63) is 29.8 Å². The lowest BCUT2D eigenvalue weighted by Gasteiger charge is -2.38. The second-order valence-corrected chi connectivity index (χ2v) is 6.01. The second kappa shape index (κ2) is 4.79. The van der Waals surface area contributed by atoms with Crippen molar-refractivity contribution in [2.24, 2.45) is 5.41 Å². The molecule has 0 aliphatic carbocycles. The number of rotatable bonds is 2. The Morgan fingerprint density at radius 1 is 1.12 bits per heavy atom. The molecule has 1 heterocycles. The zero-order valence-electron chi connectivity index (χ0n) is 10.2. The third-order valence-electron chi connectivity index (χ3n) is 3.57. The summed E-state index contributed by atoms with van der Waals surface area (Å²) in [5.74, 6) is 0. The smallest absolute Gasteiger partial charge is 0.0366 e. The van der Waals surface area contributed by atoms with Gasteiger partial charge in [-0.05, 0) is 36.0 Å². The number of benzene rings is 1. The van der Waals surface area contributed by atoms with Gasteiger partial charge in [0.15, 0.2) is 0 Å². The lowest BCUT2D eigenvalue weighted by molar-refractivity contribution is 0.280. The Bertz CT molecular complexity index is 332. The fourth-order valence-electron chi connectivity index (χ4n) is 2.17. The van der Waals surface area contributed by atoms with Crippen LogP contribution in [0.2, 0.25) is 0 Å². The van der Waals surface area contributed by atoms with E-state index in [1.54, 1.807) is 0 Å². The standard InChI is InChI=1S/C14H20BrN/c1-14(2)7-9-16(10-8-14)13-5-3-12(11-15)4-6-13/h3-6H,7-11H2,1-2H3. The fourth-order valence-corrected chi connectivity index (χ4v) is 2.54. The Labute approximate surface area is 107 Å². The van der Waals surface area contributed by atoms with Crippen LogP contribution in [0.15, 0.2) is 24.3 Å². The molecule has 88 valence electrons. The molecule has 1 nitrogen and oxygen atoms in total. The van der Waals surface area contributed by atoms with Crippen molar-refractivity contribution in [1.29, 1.82) is 0 Å². The Morgan fingerprint density at radius 2 is 1.69 bits per heavy atom. The topological polar surface area (TPSA) is 3.24 Å². The van der Waals surface area contributed by atoms with Crippen LogP contribution in [0.4, 0.5) is 5.69 Å². The Hall–Kier alpha value is -0.500. The summed E-state index contributed by atoms with van der Waals surface area (Å²) in [4.78, 5) is 2.50. The van der Waals surface area contributed by atoms with Crippen molar-refractivity contribution in [2.45, 2.75) is 32.0 Å². The van der Waals surface area contributed by atoms with Crippen LogP contribution in [0.25, 0.3) is 0 Å². The minimum atomic E-state index is 0.534. The minimum absolute atomic E-state index is 0.534. The van der Waals surface area contributed by atoms with Crippen LogP contribution < -0.4 is 4.90 Å². The van der Waals surface area contributed by atoms with Crippen LogP contribution in [0, 0.1) is 5.41 Å². The lowest BCUT2D eigenvalue weighted by Crippen LogP contribution is -2.37. The van der Waals surface area contributed by atoms with E-state index < -0.39 is 0 Å². The minimum Gasteiger partial charge on any atom is -0.371 e. The predicted molar refractivity (Wildman–Crippen MR) is 74.3 cm³/mol. The van der Waals surface area contributed by atoms with Crippen molar-refractivity contribution in [3.8, 4) is 0 Å². The second-order valence-electron chi connectivity index (χ2n) is 5.45. The van der Waals surface area contributed by atoms with Crippen molar-refractivity contribution in [2.75, 3.05) is 18.0 Å². The number of piperidine rings is 1. The van der Waals surface area contributed by atoms with Gasteiger partial charge in [0.05, 0.1) is 0 Å². The molecule has 0 atom stereocenters. The number of alkyl halides is 1. The fraction of sp³-hybridized carbons (Fsp3) is 0.571. The highest BCUT2D eigenvalue weighted by Crippen LogP contribution is 2.32. The molecule has 0 amide bonds. The van der Waals surface area contributed by atoms with Crippen LogP contribution >= 0.6 is 15.9 Å². The van der Waals surface area contributed by atoms with E-state index in [0.29, 0.717) is 5.41 Å². The maximum atomic E-state index is 3.48. The molecule has 1 aliphatic heterocycles. The van der Waals surface area contributed by atoms with Crippen molar-refractivity contribution >= 4 is 21.6 Å². The van der Waals surface area contributed by atoms with Crippen molar-refractivity contribution in [3.63, 3.8) is 0 Å². The largest absolute Gasteiger partial charge is 0.371 e. The van der Waals surface area contributed by atoms with Gasteiger partial charge in [-0.15, -0.1) is 0 Å². The molecule has 1 aliphatic rings. The third-order valence-corrected chi connectivity index (χ3v) is 4.22. The van der Waals surface area contributed by atoms with E-state index in [9.17, 15) is 0 Å². The molecule has 1 aromatic carbocycles. The van der Waals surface area contributed by atoms with Gasteiger partial charge in [-0.1, -0.05) is 41.9 Å². The van der Waals surface area contributed by atoms with E-state index >= 15 is 0 Å². The highest BCUT2D eigenvalue weighted by atomic mass is 79.9. The van der Waals surface area contributed by atoms with Crippen LogP contribution in [-0.2, 0) is 5.33 Å². The van der Waals surface area contributed by atoms with Crippen LogP contribution in [-0.4, -0.2) is 13.1 Å². The third kappa shape index (κ3) is 2.79. The molecule has 0 spiro atoms. The van der Waals surface area contributed by atoms with Crippen LogP contribution in [0.1, 0.15) is 32.3 Å². The monoisotopic (exact) mass is 281 g/mol. The first-order valence-corrected chi connectivity index (χ1v) is 7.13. The number of halogens is 1. The zero-order valence-corrected chi connectivity index (χ0v) is 11.8. The van der Waals surface area contributed by atoms with Gasteiger partial charge in [0.2, 0.25) is 0 Å². The summed E-state index contributed by atoms with van der Waals surface area (Å²) in [6, 6.07) is 8.91. The first kappa shape index (κ1) is 12.0. The van der Waals surface area contributed by atoms with E-state index in [1.807, 2.05) is 0 Å². The summed E-state index contributed by atoms with van der Waals surface area (Å²) in [6.07, 6.45) is 2.60. The molecule has 0 bridgehead atoms. The number of hydrogen-bond acceptors (Lipinski definition) is 1. The Balaban J connectivity index is 2.03. The molecule has 16 heavy (non-hydrogen) atoms. The molecule has 0 N–H and O–H groups in total. The van der Waals surface area contributed by atoms with Gasteiger partial charge in [0.25, 0.3) is 0 Å². The van der Waals surface area contributed by atoms with E-state index in [1.165, 1.54) is 37.2 Å². The van der Waals surface area contributed by atoms with Crippen LogP contribution in [0.5, 0.6) is 0 Å². The van der Waals surface area contributed by atoms with E-state index in [0.717, 1.165) is 5.33 Å². The van der Waals surface area contributed by atoms with E-state index in [2.05, 4.69) is 58.9 Å². The SMILES string of the molecule is CC1(C)CCN(c2ccc(CBr)cc2)CC1. The van der Waals surface area contributed by atoms with Crippen LogP contribution in [0.3, 0.4) is 0 Å². The van der Waals surface area contributed by atoms with E-state index in [4.69, 9.17) is 0 Å². The highest BCUT2D eigenvalue weighted by Gasteiger charge is 2.25.